The van der Waals surface area contributed by atoms with Gasteiger partial charge >= 0.3 is 0 Å². The van der Waals surface area contributed by atoms with Crippen LogP contribution in [-0.2, 0) is 6.42 Å². The Morgan fingerprint density at radius 1 is 1.14 bits per heavy atom. The molecule has 0 bridgehead atoms. The molecule has 0 aliphatic heterocycles. The van der Waals surface area contributed by atoms with Crippen LogP contribution >= 0.6 is 11.3 Å². The maximum absolute atomic E-state index is 4.79. The molecule has 1 aliphatic carbocycles. The second-order valence-electron chi connectivity index (χ2n) is 6.95. The summed E-state index contributed by atoms with van der Waals surface area (Å²) >= 11 is 1.73. The minimum absolute atomic E-state index is 0.872. The summed E-state index contributed by atoms with van der Waals surface area (Å²) in [5, 5.41) is 4.34. The van der Waals surface area contributed by atoms with Gasteiger partial charge in [-0.3, -0.25) is 4.98 Å². The Kier molecular flexibility index (Phi) is 5.68. The van der Waals surface area contributed by atoms with Gasteiger partial charge in [0, 0.05) is 43.0 Å². The van der Waals surface area contributed by atoms with Crippen molar-refractivity contribution in [2.75, 3.05) is 18.0 Å². The molecule has 0 fully saturated rings. The van der Waals surface area contributed by atoms with Crippen LogP contribution in [0.25, 0.3) is 16.7 Å². The quantitative estimate of drug-likeness (QED) is 0.445. The van der Waals surface area contributed by atoms with E-state index in [1.165, 1.54) is 27.8 Å². The van der Waals surface area contributed by atoms with Gasteiger partial charge in [-0.15, -0.1) is 6.58 Å². The van der Waals surface area contributed by atoms with Crippen LogP contribution in [0.2, 0.25) is 0 Å². The molecule has 142 valence electrons. The molecule has 3 aromatic rings. The van der Waals surface area contributed by atoms with Crippen molar-refractivity contribution in [3.05, 3.63) is 83.0 Å². The normalized spacial score (nSPS) is 12.5. The minimum atomic E-state index is 0.872. The Hall–Kier alpha value is -2.72. The first-order chi connectivity index (χ1) is 13.8. The third-order valence-corrected chi connectivity index (χ3v) is 5.79. The third kappa shape index (κ3) is 3.52. The molecule has 0 saturated heterocycles. The molecule has 0 aromatic carbocycles. The Morgan fingerprint density at radius 3 is 2.86 bits per heavy atom. The van der Waals surface area contributed by atoms with Gasteiger partial charge in [0.25, 0.3) is 0 Å². The molecular weight excluding hydrogens is 362 g/mol. The summed E-state index contributed by atoms with van der Waals surface area (Å²) in [6.07, 6.45) is 11.0. The first-order valence-electron chi connectivity index (χ1n) is 9.85. The van der Waals surface area contributed by atoms with Crippen LogP contribution in [0.15, 0.2) is 66.2 Å². The topological polar surface area (TPSA) is 29.0 Å². The standard InChI is InChI=1S/C24H25N3S/c1-3-5-15-27(14-4-2)24-21(7-6-12-26-24)20-8-9-22-23(20)19(10-13-25-22)18-11-16-28-17-18/h3,6-8,10-13,16-17H,1,4-5,9,14-15H2,2H3. The van der Waals surface area contributed by atoms with Gasteiger partial charge in [-0.1, -0.05) is 19.1 Å². The Bertz CT molecular complexity index is 989. The average Bonchev–Trinajstić information content (AvgIpc) is 3.41. The summed E-state index contributed by atoms with van der Waals surface area (Å²) in [5.74, 6) is 1.06. The van der Waals surface area contributed by atoms with E-state index in [0.717, 1.165) is 43.9 Å². The summed E-state index contributed by atoms with van der Waals surface area (Å²) in [5.41, 5.74) is 7.39. The van der Waals surface area contributed by atoms with E-state index in [1.807, 2.05) is 24.5 Å². The zero-order valence-electron chi connectivity index (χ0n) is 16.3. The second kappa shape index (κ2) is 8.53. The lowest BCUT2D eigenvalue weighted by molar-refractivity contribution is 0.752. The van der Waals surface area contributed by atoms with Crippen LogP contribution < -0.4 is 4.90 Å². The summed E-state index contributed by atoms with van der Waals surface area (Å²) < 4.78 is 0. The molecule has 0 spiro atoms. The lowest BCUT2D eigenvalue weighted by Crippen LogP contribution is -2.27. The molecule has 4 heteroatoms. The average molecular weight is 388 g/mol. The van der Waals surface area contributed by atoms with Crippen molar-refractivity contribution in [3.8, 4) is 11.1 Å². The molecule has 4 rings (SSSR count). The van der Waals surface area contributed by atoms with Crippen LogP contribution in [-0.4, -0.2) is 23.1 Å². The molecule has 3 nitrogen and oxygen atoms in total. The van der Waals surface area contributed by atoms with Crippen molar-refractivity contribution < 1.29 is 0 Å². The fraction of sp³-hybridized carbons (Fsp3) is 0.250. The molecular formula is C24H25N3S. The van der Waals surface area contributed by atoms with Gasteiger partial charge in [-0.25, -0.2) is 4.98 Å². The van der Waals surface area contributed by atoms with Crippen molar-refractivity contribution in [3.63, 3.8) is 0 Å². The highest BCUT2D eigenvalue weighted by atomic mass is 32.1. The SMILES string of the molecule is C=CCCN(CCC)c1ncccc1C1=CCc2nccc(-c3ccsc3)c21. The van der Waals surface area contributed by atoms with Crippen LogP contribution in [0.5, 0.6) is 0 Å². The molecule has 0 N–H and O–H groups in total. The predicted octanol–water partition coefficient (Wildman–Crippen LogP) is 5.99. The molecule has 0 radical (unpaired) electrons. The number of pyridine rings is 2. The minimum Gasteiger partial charge on any atom is -0.356 e. The summed E-state index contributed by atoms with van der Waals surface area (Å²) in [7, 11) is 0. The number of fused-ring (bicyclic) bond motifs is 1. The molecule has 0 saturated carbocycles. The fourth-order valence-corrected chi connectivity index (χ4v) is 4.52. The first kappa shape index (κ1) is 18.6. The van der Waals surface area contributed by atoms with E-state index >= 15 is 0 Å². The number of hydrogen-bond acceptors (Lipinski definition) is 4. The summed E-state index contributed by atoms with van der Waals surface area (Å²) in [6, 6.07) is 8.56. The largest absolute Gasteiger partial charge is 0.356 e. The Labute approximate surface area is 171 Å². The summed E-state index contributed by atoms with van der Waals surface area (Å²) in [4.78, 5) is 11.8. The monoisotopic (exact) mass is 387 g/mol. The molecule has 0 amide bonds. The number of allylic oxidation sites excluding steroid dienone is 1. The first-order valence-corrected chi connectivity index (χ1v) is 10.8. The molecule has 0 atom stereocenters. The van der Waals surface area contributed by atoms with Crippen LogP contribution in [0, 0.1) is 0 Å². The summed E-state index contributed by atoms with van der Waals surface area (Å²) in [6.45, 7) is 8.03. The van der Waals surface area contributed by atoms with Gasteiger partial charge < -0.3 is 4.90 Å². The van der Waals surface area contributed by atoms with E-state index in [0.29, 0.717) is 0 Å². The van der Waals surface area contributed by atoms with Crippen molar-refractivity contribution in [1.29, 1.82) is 0 Å². The second-order valence-corrected chi connectivity index (χ2v) is 7.73. The number of thiophene rings is 1. The molecule has 3 heterocycles. The van der Waals surface area contributed by atoms with Gasteiger partial charge in [0.05, 0.1) is 5.69 Å². The van der Waals surface area contributed by atoms with Crippen LogP contribution in [0.1, 0.15) is 36.6 Å². The Morgan fingerprint density at radius 2 is 2.07 bits per heavy atom. The predicted molar refractivity (Wildman–Crippen MR) is 120 cm³/mol. The number of nitrogens with zero attached hydrogens (tertiary/aromatic N) is 3. The van der Waals surface area contributed by atoms with E-state index in [2.05, 4.69) is 58.4 Å². The zero-order chi connectivity index (χ0) is 19.3. The number of rotatable bonds is 8. The Balaban J connectivity index is 1.81. The van der Waals surface area contributed by atoms with Gasteiger partial charge in [-0.2, -0.15) is 11.3 Å². The lowest BCUT2D eigenvalue weighted by atomic mass is 9.94. The van der Waals surface area contributed by atoms with Gasteiger partial charge in [0.1, 0.15) is 5.82 Å². The number of anilines is 1. The van der Waals surface area contributed by atoms with Gasteiger partial charge in [0.2, 0.25) is 0 Å². The maximum atomic E-state index is 4.79. The van der Waals surface area contributed by atoms with Crippen molar-refractivity contribution in [1.82, 2.24) is 9.97 Å². The number of aromatic nitrogens is 2. The fourth-order valence-electron chi connectivity index (χ4n) is 3.86. The van der Waals surface area contributed by atoms with E-state index in [-0.39, 0.29) is 0 Å². The molecule has 3 aromatic heterocycles. The molecule has 1 aliphatic rings. The maximum Gasteiger partial charge on any atom is 0.136 e. The van der Waals surface area contributed by atoms with E-state index < -0.39 is 0 Å². The smallest absolute Gasteiger partial charge is 0.136 e. The van der Waals surface area contributed by atoms with Crippen molar-refractivity contribution >= 4 is 22.7 Å². The highest BCUT2D eigenvalue weighted by molar-refractivity contribution is 7.08. The van der Waals surface area contributed by atoms with Crippen molar-refractivity contribution in [2.24, 2.45) is 0 Å². The third-order valence-electron chi connectivity index (χ3n) is 5.10. The van der Waals surface area contributed by atoms with E-state index in [9.17, 15) is 0 Å². The van der Waals surface area contributed by atoms with Gasteiger partial charge in [-0.05, 0) is 64.6 Å². The zero-order valence-corrected chi connectivity index (χ0v) is 17.1. The van der Waals surface area contributed by atoms with Gasteiger partial charge in [0.15, 0.2) is 0 Å². The van der Waals surface area contributed by atoms with Crippen LogP contribution in [0.3, 0.4) is 0 Å². The highest BCUT2D eigenvalue weighted by Crippen LogP contribution is 2.41. The number of hydrogen-bond donors (Lipinski definition) is 0. The van der Waals surface area contributed by atoms with E-state index in [1.54, 1.807) is 11.3 Å². The highest BCUT2D eigenvalue weighted by Gasteiger charge is 2.24. The van der Waals surface area contributed by atoms with Crippen LogP contribution in [0.4, 0.5) is 5.82 Å². The van der Waals surface area contributed by atoms with Crippen molar-refractivity contribution in [2.45, 2.75) is 26.2 Å². The molecule has 28 heavy (non-hydrogen) atoms. The molecule has 0 unspecified atom stereocenters. The lowest BCUT2D eigenvalue weighted by Gasteiger charge is -2.26. The van der Waals surface area contributed by atoms with E-state index in [4.69, 9.17) is 4.98 Å².